The van der Waals surface area contributed by atoms with E-state index in [-0.39, 0.29) is 22.3 Å². The van der Waals surface area contributed by atoms with E-state index in [2.05, 4.69) is 4.98 Å². The molecule has 0 radical (unpaired) electrons. The smallest absolute Gasteiger partial charge is 0.358 e. The minimum atomic E-state index is -1.19. The SMILES string of the molecule is Cc1oc(-c2ccc([N+](=O)[O-])s2)nc1C(=O)O. The van der Waals surface area contributed by atoms with Crippen LogP contribution in [0.5, 0.6) is 0 Å². The molecule has 2 rings (SSSR count). The van der Waals surface area contributed by atoms with Crippen LogP contribution in [0.25, 0.3) is 10.8 Å². The van der Waals surface area contributed by atoms with Gasteiger partial charge in [0, 0.05) is 6.07 Å². The number of aryl methyl sites for hydroxylation is 1. The van der Waals surface area contributed by atoms with Crippen molar-refractivity contribution in [3.8, 4) is 10.8 Å². The zero-order valence-electron chi connectivity index (χ0n) is 8.54. The summed E-state index contributed by atoms with van der Waals surface area (Å²) in [5.41, 5.74) is -0.184. The van der Waals surface area contributed by atoms with Crippen molar-refractivity contribution in [1.29, 1.82) is 0 Å². The van der Waals surface area contributed by atoms with E-state index in [9.17, 15) is 14.9 Å². The van der Waals surface area contributed by atoms with Gasteiger partial charge in [-0.25, -0.2) is 9.78 Å². The molecule has 1 N–H and O–H groups in total. The van der Waals surface area contributed by atoms with Gasteiger partial charge in [-0.2, -0.15) is 0 Å². The van der Waals surface area contributed by atoms with Gasteiger partial charge in [0.25, 0.3) is 0 Å². The highest BCUT2D eigenvalue weighted by atomic mass is 32.1. The maximum absolute atomic E-state index is 10.8. The van der Waals surface area contributed by atoms with E-state index in [1.54, 1.807) is 0 Å². The van der Waals surface area contributed by atoms with E-state index in [0.29, 0.717) is 4.88 Å². The molecule has 0 aliphatic carbocycles. The molecule has 0 saturated carbocycles. The second-order valence-electron chi connectivity index (χ2n) is 3.12. The van der Waals surface area contributed by atoms with E-state index in [0.717, 1.165) is 11.3 Å². The van der Waals surface area contributed by atoms with Crippen LogP contribution in [0.4, 0.5) is 5.00 Å². The Morgan fingerprint density at radius 2 is 2.29 bits per heavy atom. The van der Waals surface area contributed by atoms with Gasteiger partial charge < -0.3 is 9.52 Å². The molecule has 0 fully saturated rings. The molecule has 0 aromatic carbocycles. The van der Waals surface area contributed by atoms with Gasteiger partial charge in [0.15, 0.2) is 5.69 Å². The quantitative estimate of drug-likeness (QED) is 0.665. The normalized spacial score (nSPS) is 10.4. The minimum Gasteiger partial charge on any atom is -0.476 e. The third-order valence-electron chi connectivity index (χ3n) is 1.98. The minimum absolute atomic E-state index is 0.0484. The molecular weight excluding hydrogens is 248 g/mol. The molecule has 2 aromatic rings. The number of nitro groups is 1. The zero-order chi connectivity index (χ0) is 12.6. The number of hydrogen-bond acceptors (Lipinski definition) is 6. The first-order valence-electron chi connectivity index (χ1n) is 4.44. The lowest BCUT2D eigenvalue weighted by Crippen LogP contribution is -1.98. The number of aromatic nitrogens is 1. The largest absolute Gasteiger partial charge is 0.476 e. The number of aromatic carboxylic acids is 1. The molecule has 0 aliphatic heterocycles. The van der Waals surface area contributed by atoms with Crippen LogP contribution in [-0.4, -0.2) is 21.0 Å². The predicted molar refractivity (Wildman–Crippen MR) is 58.2 cm³/mol. The monoisotopic (exact) mass is 254 g/mol. The lowest BCUT2D eigenvalue weighted by Gasteiger charge is -1.85. The number of thiophene rings is 1. The maximum atomic E-state index is 10.8. The van der Waals surface area contributed by atoms with Gasteiger partial charge in [-0.1, -0.05) is 11.3 Å². The Labute approximate surface area is 98.5 Å². The second-order valence-corrected chi connectivity index (χ2v) is 4.19. The summed E-state index contributed by atoms with van der Waals surface area (Å²) in [6, 6.07) is 2.79. The Hall–Kier alpha value is -2.22. The van der Waals surface area contributed by atoms with Crippen molar-refractivity contribution in [3.63, 3.8) is 0 Å². The fraction of sp³-hybridized carbons (Fsp3) is 0.111. The topological polar surface area (TPSA) is 106 Å². The summed E-state index contributed by atoms with van der Waals surface area (Å²) in [4.78, 5) is 24.9. The Kier molecular flexibility index (Phi) is 2.64. The van der Waals surface area contributed by atoms with Crippen molar-refractivity contribution in [2.75, 3.05) is 0 Å². The molecule has 8 heteroatoms. The van der Waals surface area contributed by atoms with Crippen molar-refractivity contribution in [2.45, 2.75) is 6.92 Å². The first kappa shape index (κ1) is 11.3. The van der Waals surface area contributed by atoms with Crippen molar-refractivity contribution in [1.82, 2.24) is 4.98 Å². The average Bonchev–Trinajstić information content (AvgIpc) is 2.82. The van der Waals surface area contributed by atoms with Crippen molar-refractivity contribution in [3.05, 3.63) is 33.7 Å². The van der Waals surface area contributed by atoms with Gasteiger partial charge in [-0.05, 0) is 13.0 Å². The lowest BCUT2D eigenvalue weighted by atomic mass is 10.4. The van der Waals surface area contributed by atoms with Crippen LogP contribution in [0, 0.1) is 17.0 Å². The first-order chi connectivity index (χ1) is 7.99. The van der Waals surface area contributed by atoms with E-state index < -0.39 is 10.9 Å². The predicted octanol–water partition coefficient (Wildman–Crippen LogP) is 2.32. The third-order valence-corrected chi connectivity index (χ3v) is 3.01. The number of hydrogen-bond donors (Lipinski definition) is 1. The van der Waals surface area contributed by atoms with Crippen molar-refractivity contribution >= 4 is 22.3 Å². The third kappa shape index (κ3) is 2.02. The van der Waals surface area contributed by atoms with Gasteiger partial charge in [-0.3, -0.25) is 10.1 Å². The van der Waals surface area contributed by atoms with Crippen LogP contribution in [0.15, 0.2) is 16.5 Å². The Bertz CT molecular complexity index is 600. The molecule has 0 amide bonds. The Morgan fingerprint density at radius 1 is 1.59 bits per heavy atom. The van der Waals surface area contributed by atoms with E-state index in [1.165, 1.54) is 19.1 Å². The molecule has 17 heavy (non-hydrogen) atoms. The molecule has 0 spiro atoms. The van der Waals surface area contributed by atoms with Gasteiger partial charge >= 0.3 is 11.0 Å². The highest BCUT2D eigenvalue weighted by Crippen LogP contribution is 2.32. The molecule has 0 unspecified atom stereocenters. The zero-order valence-corrected chi connectivity index (χ0v) is 9.35. The fourth-order valence-electron chi connectivity index (χ4n) is 1.24. The number of carbonyl (C=O) groups is 1. The molecule has 2 aromatic heterocycles. The van der Waals surface area contributed by atoms with Crippen LogP contribution >= 0.6 is 11.3 Å². The van der Waals surface area contributed by atoms with E-state index in [1.807, 2.05) is 0 Å². The van der Waals surface area contributed by atoms with E-state index >= 15 is 0 Å². The molecule has 0 saturated heterocycles. The summed E-state index contributed by atoms with van der Waals surface area (Å²) in [7, 11) is 0. The standard InChI is InChI=1S/C9H6N2O5S/c1-4-7(9(12)13)10-8(16-4)5-2-3-6(17-5)11(14)15/h2-3H,1H3,(H,12,13). The summed E-state index contributed by atoms with van der Waals surface area (Å²) in [5.74, 6) is -0.940. The van der Waals surface area contributed by atoms with Crippen LogP contribution in [-0.2, 0) is 0 Å². The summed E-state index contributed by atoms with van der Waals surface area (Å²) in [6.45, 7) is 1.47. The number of oxazole rings is 1. The number of nitrogens with zero attached hydrogens (tertiary/aromatic N) is 2. The van der Waals surface area contributed by atoms with Gasteiger partial charge in [-0.15, -0.1) is 0 Å². The van der Waals surface area contributed by atoms with Crippen LogP contribution in [0.3, 0.4) is 0 Å². The highest BCUT2D eigenvalue weighted by molar-refractivity contribution is 7.18. The van der Waals surface area contributed by atoms with Crippen LogP contribution in [0.1, 0.15) is 16.2 Å². The molecular formula is C9H6N2O5S. The summed E-state index contributed by atoms with van der Waals surface area (Å²) < 4.78 is 5.15. The Balaban J connectivity index is 2.42. The second kappa shape index (κ2) is 3.98. The molecule has 0 bridgehead atoms. The molecule has 88 valence electrons. The number of carboxylic acid groups (broad SMARTS) is 1. The average molecular weight is 254 g/mol. The molecule has 0 atom stereocenters. The molecule has 7 nitrogen and oxygen atoms in total. The summed E-state index contributed by atoms with van der Waals surface area (Å²) in [6.07, 6.45) is 0. The van der Waals surface area contributed by atoms with Crippen LogP contribution in [0.2, 0.25) is 0 Å². The molecule has 2 heterocycles. The summed E-state index contributed by atoms with van der Waals surface area (Å²) in [5, 5.41) is 19.2. The van der Waals surface area contributed by atoms with Gasteiger partial charge in [0.1, 0.15) is 5.76 Å². The van der Waals surface area contributed by atoms with Crippen molar-refractivity contribution < 1.29 is 19.2 Å². The summed E-state index contributed by atoms with van der Waals surface area (Å²) >= 11 is 0.880. The first-order valence-corrected chi connectivity index (χ1v) is 5.26. The molecule has 0 aliphatic rings. The highest BCUT2D eigenvalue weighted by Gasteiger charge is 2.20. The Morgan fingerprint density at radius 3 is 2.76 bits per heavy atom. The fourth-order valence-corrected chi connectivity index (χ4v) is 1.99. The van der Waals surface area contributed by atoms with Gasteiger partial charge in [0.2, 0.25) is 5.89 Å². The lowest BCUT2D eigenvalue weighted by molar-refractivity contribution is -0.380. The van der Waals surface area contributed by atoms with E-state index in [4.69, 9.17) is 9.52 Å². The van der Waals surface area contributed by atoms with Crippen molar-refractivity contribution in [2.24, 2.45) is 0 Å². The van der Waals surface area contributed by atoms with Crippen LogP contribution < -0.4 is 0 Å². The number of rotatable bonds is 3. The van der Waals surface area contributed by atoms with Gasteiger partial charge in [0.05, 0.1) is 9.80 Å². The number of carboxylic acids is 1. The maximum Gasteiger partial charge on any atom is 0.358 e.